The molecule has 2 saturated heterocycles. The van der Waals surface area contributed by atoms with Crippen LogP contribution in [-0.2, 0) is 0 Å². The van der Waals surface area contributed by atoms with E-state index in [2.05, 4.69) is 28.1 Å². The normalized spacial score (nSPS) is 55.0. The van der Waals surface area contributed by atoms with Crippen molar-refractivity contribution in [2.24, 2.45) is 35.0 Å². The average molecular weight is 257 g/mol. The minimum Gasteiger partial charge on any atom is -0.0686 e. The van der Waals surface area contributed by atoms with E-state index >= 15 is 0 Å². The molecule has 0 aromatic rings. The van der Waals surface area contributed by atoms with Crippen LogP contribution in [0.5, 0.6) is 0 Å². The summed E-state index contributed by atoms with van der Waals surface area (Å²) >= 11 is 0. The van der Waals surface area contributed by atoms with Crippen molar-refractivity contribution in [3.8, 4) is 0 Å². The largest absolute Gasteiger partial charge is 0.118 e. The van der Waals surface area contributed by atoms with Gasteiger partial charge in [-0.2, -0.15) is 0 Å². The standard InChI is InChI=1S/C18H30B/c1-11-9-14(16-10-15(11)18(16,2)3)13-8-7-12-5-4-6-17(13)19-12/h11-17H,4-10H2,1-3H3. The molecule has 1 heteroatoms. The fraction of sp³-hybridized carbons (Fsp3) is 1.00. The Morgan fingerprint density at radius 3 is 2.47 bits per heavy atom. The summed E-state index contributed by atoms with van der Waals surface area (Å²) in [7, 11) is 2.79. The summed E-state index contributed by atoms with van der Waals surface area (Å²) in [4.78, 5) is 0. The Morgan fingerprint density at radius 2 is 1.74 bits per heavy atom. The molecule has 0 aromatic heterocycles. The Bertz CT molecular complexity index is 361. The lowest BCUT2D eigenvalue weighted by atomic mass is 9.35. The number of rotatable bonds is 1. The van der Waals surface area contributed by atoms with E-state index in [9.17, 15) is 0 Å². The van der Waals surface area contributed by atoms with E-state index in [1.165, 1.54) is 25.7 Å². The highest BCUT2D eigenvalue weighted by molar-refractivity contribution is 6.40. The van der Waals surface area contributed by atoms with Crippen molar-refractivity contribution in [2.45, 2.75) is 77.4 Å². The molecule has 5 fully saturated rings. The van der Waals surface area contributed by atoms with Gasteiger partial charge in [0.2, 0.25) is 0 Å². The lowest BCUT2D eigenvalue weighted by molar-refractivity contribution is -0.154. The van der Waals surface area contributed by atoms with Gasteiger partial charge in [0.05, 0.1) is 0 Å². The molecular formula is C18H30B. The number of hydrogen-bond acceptors (Lipinski definition) is 0. The van der Waals surface area contributed by atoms with Crippen molar-refractivity contribution in [1.29, 1.82) is 0 Å². The van der Waals surface area contributed by atoms with Crippen LogP contribution < -0.4 is 0 Å². The van der Waals surface area contributed by atoms with Crippen molar-refractivity contribution in [3.05, 3.63) is 0 Å². The molecule has 105 valence electrons. The predicted octanol–water partition coefficient (Wildman–Crippen LogP) is 5.18. The number of hydrogen-bond donors (Lipinski definition) is 0. The van der Waals surface area contributed by atoms with E-state index in [-0.39, 0.29) is 0 Å². The van der Waals surface area contributed by atoms with Gasteiger partial charge in [0.15, 0.2) is 0 Å². The van der Waals surface area contributed by atoms with Crippen LogP contribution >= 0.6 is 0 Å². The van der Waals surface area contributed by atoms with E-state index in [4.69, 9.17) is 0 Å². The summed E-state index contributed by atoms with van der Waals surface area (Å²) in [6.07, 6.45) is 10.7. The molecule has 4 bridgehead atoms. The molecule has 3 saturated carbocycles. The van der Waals surface area contributed by atoms with Gasteiger partial charge in [-0.25, -0.2) is 0 Å². The molecule has 5 rings (SSSR count). The van der Waals surface area contributed by atoms with Crippen molar-refractivity contribution in [1.82, 2.24) is 0 Å². The molecule has 0 nitrogen and oxygen atoms in total. The summed E-state index contributed by atoms with van der Waals surface area (Å²) in [6.45, 7) is 7.69. The SMILES string of the molecule is CC1CC(C2CCC3[B]C2CCC3)C2CC1C2(C)C. The zero-order valence-electron chi connectivity index (χ0n) is 13.1. The maximum absolute atomic E-state index is 2.79. The van der Waals surface area contributed by atoms with Crippen molar-refractivity contribution in [2.75, 3.05) is 0 Å². The second-order valence-corrected chi connectivity index (χ2v) is 8.94. The van der Waals surface area contributed by atoms with E-state index in [1.54, 1.807) is 19.3 Å². The first-order valence-electron chi connectivity index (χ1n) is 8.92. The highest BCUT2D eigenvalue weighted by Crippen LogP contribution is 2.67. The Morgan fingerprint density at radius 1 is 0.895 bits per heavy atom. The third-order valence-electron chi connectivity index (χ3n) is 7.87. The van der Waals surface area contributed by atoms with Crippen LogP contribution in [0.1, 0.15) is 65.7 Å². The fourth-order valence-electron chi connectivity index (χ4n) is 6.83. The monoisotopic (exact) mass is 257 g/mol. The first-order chi connectivity index (χ1) is 9.07. The second-order valence-electron chi connectivity index (χ2n) is 8.94. The van der Waals surface area contributed by atoms with E-state index in [1.807, 2.05) is 0 Å². The van der Waals surface area contributed by atoms with Gasteiger partial charge in [0.1, 0.15) is 7.28 Å². The zero-order chi connectivity index (χ0) is 13.2. The lowest BCUT2D eigenvalue weighted by Crippen LogP contribution is -2.58. The molecule has 0 spiro atoms. The third-order valence-corrected chi connectivity index (χ3v) is 7.87. The van der Waals surface area contributed by atoms with Crippen LogP contribution in [-0.4, -0.2) is 7.28 Å². The smallest absolute Gasteiger partial charge is 0.0686 e. The van der Waals surface area contributed by atoms with E-state index in [0.717, 1.165) is 41.2 Å². The Hall–Kier alpha value is 0.0649. The van der Waals surface area contributed by atoms with E-state index in [0.29, 0.717) is 5.41 Å². The molecule has 2 aliphatic heterocycles. The predicted molar refractivity (Wildman–Crippen MR) is 82.5 cm³/mol. The van der Waals surface area contributed by atoms with Crippen LogP contribution in [0, 0.1) is 35.0 Å². The van der Waals surface area contributed by atoms with E-state index < -0.39 is 0 Å². The Balaban J connectivity index is 1.55. The highest BCUT2D eigenvalue weighted by atomic mass is 14.6. The fourth-order valence-corrected chi connectivity index (χ4v) is 6.83. The Labute approximate surface area is 120 Å². The highest BCUT2D eigenvalue weighted by Gasteiger charge is 2.59. The van der Waals surface area contributed by atoms with Gasteiger partial charge in [-0.1, -0.05) is 64.5 Å². The average Bonchev–Trinajstić information content (AvgIpc) is 2.38. The minimum atomic E-state index is 0.661. The van der Waals surface area contributed by atoms with Crippen LogP contribution in [0.25, 0.3) is 0 Å². The van der Waals surface area contributed by atoms with Gasteiger partial charge in [0.25, 0.3) is 0 Å². The molecule has 3 aliphatic carbocycles. The summed E-state index contributed by atoms with van der Waals surface area (Å²) in [6, 6.07) is 0. The van der Waals surface area contributed by atoms with Gasteiger partial charge < -0.3 is 0 Å². The van der Waals surface area contributed by atoms with Gasteiger partial charge in [-0.05, 0) is 47.8 Å². The maximum Gasteiger partial charge on any atom is 0.118 e. The molecule has 5 aliphatic rings. The first-order valence-corrected chi connectivity index (χ1v) is 8.92. The van der Waals surface area contributed by atoms with Gasteiger partial charge in [-0.15, -0.1) is 0 Å². The quantitative estimate of drug-likeness (QED) is 0.568. The van der Waals surface area contributed by atoms with Gasteiger partial charge >= 0.3 is 0 Å². The van der Waals surface area contributed by atoms with Crippen molar-refractivity contribution >= 4 is 7.28 Å². The van der Waals surface area contributed by atoms with Crippen molar-refractivity contribution < 1.29 is 0 Å². The molecule has 0 N–H and O–H groups in total. The topological polar surface area (TPSA) is 0 Å². The molecule has 1 radical (unpaired) electrons. The minimum absolute atomic E-state index is 0.661. The van der Waals surface area contributed by atoms with Crippen LogP contribution in [0.15, 0.2) is 0 Å². The second kappa shape index (κ2) is 4.28. The summed E-state index contributed by atoms with van der Waals surface area (Å²) in [5.41, 5.74) is 0.661. The molecule has 0 amide bonds. The maximum atomic E-state index is 2.79. The molecule has 0 aromatic carbocycles. The van der Waals surface area contributed by atoms with Crippen LogP contribution in [0.2, 0.25) is 11.6 Å². The van der Waals surface area contributed by atoms with Crippen LogP contribution in [0.3, 0.4) is 0 Å². The molecule has 7 unspecified atom stereocenters. The molecule has 19 heavy (non-hydrogen) atoms. The molecular weight excluding hydrogens is 227 g/mol. The zero-order valence-corrected chi connectivity index (χ0v) is 13.1. The summed E-state index contributed by atoms with van der Waals surface area (Å²) in [5, 5.41) is 0. The number of fused-ring (bicyclic) bond motifs is 4. The lowest BCUT2D eigenvalue weighted by Gasteiger charge is -2.65. The summed E-state index contributed by atoms with van der Waals surface area (Å²) in [5.74, 6) is 7.22. The first kappa shape index (κ1) is 12.8. The van der Waals surface area contributed by atoms with Gasteiger partial charge in [-0.3, -0.25) is 0 Å². The molecule has 7 atom stereocenters. The third kappa shape index (κ3) is 1.79. The van der Waals surface area contributed by atoms with Gasteiger partial charge in [0, 0.05) is 0 Å². The summed E-state index contributed by atoms with van der Waals surface area (Å²) < 4.78 is 0. The van der Waals surface area contributed by atoms with Crippen molar-refractivity contribution in [3.63, 3.8) is 0 Å². The van der Waals surface area contributed by atoms with Crippen LogP contribution in [0.4, 0.5) is 0 Å². The molecule has 2 heterocycles. The Kier molecular flexibility index (Phi) is 2.88.